The van der Waals surface area contributed by atoms with Crippen molar-refractivity contribution in [2.45, 2.75) is 30.7 Å². The van der Waals surface area contributed by atoms with E-state index in [2.05, 4.69) is 5.32 Å². The van der Waals surface area contributed by atoms with Crippen LogP contribution in [0.3, 0.4) is 0 Å². The fourth-order valence-electron chi connectivity index (χ4n) is 3.62. The van der Waals surface area contributed by atoms with Crippen LogP contribution in [0, 0.1) is 5.92 Å². The molecule has 1 saturated heterocycles. The van der Waals surface area contributed by atoms with Gasteiger partial charge >= 0.3 is 0 Å². The Morgan fingerprint density at radius 1 is 1.03 bits per heavy atom. The maximum Gasteiger partial charge on any atom is 0.243 e. The van der Waals surface area contributed by atoms with Gasteiger partial charge in [0.15, 0.2) is 11.5 Å². The van der Waals surface area contributed by atoms with Gasteiger partial charge in [-0.15, -0.1) is 0 Å². The summed E-state index contributed by atoms with van der Waals surface area (Å²) in [6.45, 7) is 1.27. The van der Waals surface area contributed by atoms with Crippen LogP contribution in [0.15, 0.2) is 53.4 Å². The smallest absolute Gasteiger partial charge is 0.243 e. The van der Waals surface area contributed by atoms with Crippen molar-refractivity contribution in [2.75, 3.05) is 27.3 Å². The van der Waals surface area contributed by atoms with Crippen LogP contribution in [-0.4, -0.2) is 45.9 Å². The van der Waals surface area contributed by atoms with Gasteiger partial charge in [-0.3, -0.25) is 4.79 Å². The second-order valence-corrected chi connectivity index (χ2v) is 9.27. The van der Waals surface area contributed by atoms with E-state index >= 15 is 0 Å². The molecule has 1 heterocycles. The van der Waals surface area contributed by atoms with Gasteiger partial charge in [0.2, 0.25) is 15.9 Å². The summed E-state index contributed by atoms with van der Waals surface area (Å²) in [6, 6.07) is 14.0. The molecule has 1 fully saturated rings. The Labute approximate surface area is 178 Å². The third-order valence-electron chi connectivity index (χ3n) is 5.37. The minimum absolute atomic E-state index is 0.0332. The van der Waals surface area contributed by atoms with Crippen molar-refractivity contribution in [1.29, 1.82) is 0 Å². The third kappa shape index (κ3) is 5.31. The maximum absolute atomic E-state index is 12.7. The highest BCUT2D eigenvalue weighted by Crippen LogP contribution is 2.28. The van der Waals surface area contributed by atoms with Crippen LogP contribution in [-0.2, 0) is 21.4 Å². The van der Waals surface area contributed by atoms with Gasteiger partial charge in [-0.05, 0) is 48.6 Å². The number of amides is 1. The highest BCUT2D eigenvalue weighted by atomic mass is 32.2. The van der Waals surface area contributed by atoms with Crippen LogP contribution in [0.25, 0.3) is 0 Å². The van der Waals surface area contributed by atoms with E-state index < -0.39 is 10.0 Å². The van der Waals surface area contributed by atoms with Gasteiger partial charge in [0.25, 0.3) is 0 Å². The summed E-state index contributed by atoms with van der Waals surface area (Å²) in [5, 5.41) is 2.94. The molecule has 0 aromatic heterocycles. The zero-order chi connectivity index (χ0) is 21.6. The number of rotatable bonds is 8. The highest BCUT2D eigenvalue weighted by molar-refractivity contribution is 7.89. The molecular formula is C22H28N2O5S. The minimum atomic E-state index is -3.46. The molecule has 2 aromatic rings. The number of ether oxygens (including phenoxy) is 2. The SMILES string of the molecule is COc1ccc(CNC(=O)CC2CCN(S(=O)(=O)c3ccccc3)CC2)cc1OC. The summed E-state index contributed by atoms with van der Waals surface area (Å²) in [7, 11) is -0.309. The predicted octanol–water partition coefficient (Wildman–Crippen LogP) is 2.81. The van der Waals surface area contributed by atoms with Crippen LogP contribution in [0.5, 0.6) is 11.5 Å². The lowest BCUT2D eigenvalue weighted by Crippen LogP contribution is -2.39. The molecule has 0 spiro atoms. The molecule has 7 nitrogen and oxygen atoms in total. The first-order valence-electron chi connectivity index (χ1n) is 9.97. The van der Waals surface area contributed by atoms with Crippen LogP contribution < -0.4 is 14.8 Å². The summed E-state index contributed by atoms with van der Waals surface area (Å²) in [5.74, 6) is 1.41. The van der Waals surface area contributed by atoms with E-state index in [0.717, 1.165) is 5.56 Å². The first-order valence-corrected chi connectivity index (χ1v) is 11.4. The normalized spacial score (nSPS) is 15.5. The average Bonchev–Trinajstić information content (AvgIpc) is 2.78. The van der Waals surface area contributed by atoms with Crippen molar-refractivity contribution >= 4 is 15.9 Å². The Morgan fingerprint density at radius 3 is 2.33 bits per heavy atom. The molecule has 1 aliphatic heterocycles. The Bertz CT molecular complexity index is 955. The van der Waals surface area contributed by atoms with Crippen molar-refractivity contribution in [1.82, 2.24) is 9.62 Å². The molecule has 3 rings (SSSR count). The summed E-state index contributed by atoms with van der Waals surface area (Å²) >= 11 is 0. The number of carbonyl (C=O) groups excluding carboxylic acids is 1. The first-order chi connectivity index (χ1) is 14.4. The molecule has 0 radical (unpaired) electrons. The highest BCUT2D eigenvalue weighted by Gasteiger charge is 2.30. The van der Waals surface area contributed by atoms with Crippen LogP contribution in [0.4, 0.5) is 0 Å². The maximum atomic E-state index is 12.7. The lowest BCUT2D eigenvalue weighted by molar-refractivity contribution is -0.122. The molecule has 1 aliphatic rings. The molecule has 0 unspecified atom stereocenters. The van der Waals surface area contributed by atoms with Gasteiger partial charge < -0.3 is 14.8 Å². The molecule has 30 heavy (non-hydrogen) atoms. The summed E-state index contributed by atoms with van der Waals surface area (Å²) < 4.78 is 37.4. The molecule has 1 amide bonds. The van der Waals surface area contributed by atoms with E-state index in [1.807, 2.05) is 18.2 Å². The number of benzene rings is 2. The molecule has 0 saturated carbocycles. The van der Waals surface area contributed by atoms with Crippen LogP contribution in [0.1, 0.15) is 24.8 Å². The van der Waals surface area contributed by atoms with Gasteiger partial charge in [-0.1, -0.05) is 24.3 Å². The molecule has 2 aromatic carbocycles. The van der Waals surface area contributed by atoms with E-state index in [1.165, 1.54) is 4.31 Å². The molecule has 1 N–H and O–H groups in total. The number of nitrogens with zero attached hydrogens (tertiary/aromatic N) is 1. The monoisotopic (exact) mass is 432 g/mol. The summed E-state index contributed by atoms with van der Waals surface area (Å²) in [4.78, 5) is 12.7. The van der Waals surface area contributed by atoms with E-state index in [9.17, 15) is 13.2 Å². The zero-order valence-corrected chi connectivity index (χ0v) is 18.2. The topological polar surface area (TPSA) is 84.9 Å². The quantitative estimate of drug-likeness (QED) is 0.693. The lowest BCUT2D eigenvalue weighted by Gasteiger charge is -2.31. The fraction of sp³-hybridized carbons (Fsp3) is 0.409. The molecule has 0 bridgehead atoms. The van der Waals surface area contributed by atoms with Gasteiger partial charge in [0, 0.05) is 26.1 Å². The van der Waals surface area contributed by atoms with E-state index in [-0.39, 0.29) is 11.8 Å². The number of hydrogen-bond acceptors (Lipinski definition) is 5. The number of sulfonamides is 1. The van der Waals surface area contributed by atoms with E-state index in [0.29, 0.717) is 55.3 Å². The average molecular weight is 433 g/mol. The number of methoxy groups -OCH3 is 2. The molecule has 0 aliphatic carbocycles. The predicted molar refractivity (Wildman–Crippen MR) is 114 cm³/mol. The van der Waals surface area contributed by atoms with Gasteiger partial charge in [0.05, 0.1) is 19.1 Å². The Balaban J connectivity index is 1.48. The third-order valence-corrected chi connectivity index (χ3v) is 7.28. The van der Waals surface area contributed by atoms with E-state index in [1.54, 1.807) is 44.6 Å². The number of hydrogen-bond donors (Lipinski definition) is 1. The zero-order valence-electron chi connectivity index (χ0n) is 17.3. The number of nitrogens with one attached hydrogen (secondary N) is 1. The molecule has 8 heteroatoms. The fourth-order valence-corrected chi connectivity index (χ4v) is 5.11. The number of piperidine rings is 1. The van der Waals surface area contributed by atoms with Crippen molar-refractivity contribution in [2.24, 2.45) is 5.92 Å². The standard InChI is InChI=1S/C22H28N2O5S/c1-28-20-9-8-18(14-21(20)29-2)16-23-22(25)15-17-10-12-24(13-11-17)30(26,27)19-6-4-3-5-7-19/h3-9,14,17H,10-13,15-16H2,1-2H3,(H,23,25). The summed E-state index contributed by atoms with van der Waals surface area (Å²) in [5.41, 5.74) is 0.921. The van der Waals surface area contributed by atoms with Crippen molar-refractivity contribution in [3.05, 3.63) is 54.1 Å². The van der Waals surface area contributed by atoms with Gasteiger partial charge in [0.1, 0.15) is 0 Å². The Kier molecular flexibility index (Phi) is 7.33. The number of carbonyl (C=O) groups is 1. The van der Waals surface area contributed by atoms with E-state index in [4.69, 9.17) is 9.47 Å². The summed E-state index contributed by atoms with van der Waals surface area (Å²) in [6.07, 6.45) is 1.75. The van der Waals surface area contributed by atoms with Crippen molar-refractivity contribution in [3.8, 4) is 11.5 Å². The second kappa shape index (κ2) is 9.95. The lowest BCUT2D eigenvalue weighted by atomic mass is 9.94. The van der Waals surface area contributed by atoms with Crippen LogP contribution in [0.2, 0.25) is 0 Å². The molecule has 162 valence electrons. The van der Waals surface area contributed by atoms with Crippen molar-refractivity contribution in [3.63, 3.8) is 0 Å². The van der Waals surface area contributed by atoms with Gasteiger partial charge in [-0.25, -0.2) is 8.42 Å². The Hall–Kier alpha value is -2.58. The largest absolute Gasteiger partial charge is 0.493 e. The van der Waals surface area contributed by atoms with Crippen LogP contribution >= 0.6 is 0 Å². The van der Waals surface area contributed by atoms with Gasteiger partial charge in [-0.2, -0.15) is 4.31 Å². The second-order valence-electron chi connectivity index (χ2n) is 7.33. The molecular weight excluding hydrogens is 404 g/mol. The first kappa shape index (κ1) is 22.1. The van der Waals surface area contributed by atoms with Crippen molar-refractivity contribution < 1.29 is 22.7 Å². The molecule has 0 atom stereocenters. The Morgan fingerprint density at radius 2 is 1.70 bits per heavy atom. The minimum Gasteiger partial charge on any atom is -0.493 e.